The Bertz CT molecular complexity index is 603. The van der Waals surface area contributed by atoms with Crippen molar-refractivity contribution in [1.29, 1.82) is 0 Å². The molecule has 2 aliphatic rings. The Hall–Kier alpha value is -0.560. The number of hydrogen-bond donors (Lipinski definition) is 1. The Labute approximate surface area is 131 Å². The second-order valence-corrected chi connectivity index (χ2v) is 9.13. The van der Waals surface area contributed by atoms with Gasteiger partial charge in [-0.25, -0.2) is 8.42 Å². The van der Waals surface area contributed by atoms with Gasteiger partial charge in [-0.05, 0) is 24.1 Å². The van der Waals surface area contributed by atoms with Crippen LogP contribution in [0, 0.1) is 0 Å². The highest BCUT2D eigenvalue weighted by Crippen LogP contribution is 2.34. The first kappa shape index (κ1) is 15.3. The Balaban J connectivity index is 1.97. The fourth-order valence-corrected chi connectivity index (χ4v) is 6.22. The van der Waals surface area contributed by atoms with E-state index in [1.54, 1.807) is 11.8 Å². The van der Waals surface area contributed by atoms with E-state index >= 15 is 0 Å². The smallest absolute Gasteiger partial charge is 0.164 e. The molecule has 2 heterocycles. The van der Waals surface area contributed by atoms with Crippen LogP contribution in [0.1, 0.15) is 23.6 Å². The third kappa shape index (κ3) is 3.28. The number of benzene rings is 1. The van der Waals surface area contributed by atoms with Gasteiger partial charge >= 0.3 is 0 Å². The topological polar surface area (TPSA) is 49.4 Å². The van der Waals surface area contributed by atoms with Crippen LogP contribution in [0.3, 0.4) is 0 Å². The molecule has 1 saturated heterocycles. The van der Waals surface area contributed by atoms with Crippen molar-refractivity contribution in [3.05, 3.63) is 35.4 Å². The van der Waals surface area contributed by atoms with Crippen molar-refractivity contribution >= 4 is 21.6 Å². The summed E-state index contributed by atoms with van der Waals surface area (Å²) < 4.78 is 24.3. The van der Waals surface area contributed by atoms with E-state index in [2.05, 4.69) is 34.5 Å². The second kappa shape index (κ2) is 6.28. The van der Waals surface area contributed by atoms with Gasteiger partial charge in [-0.15, -0.1) is 0 Å². The maximum atomic E-state index is 12.2. The zero-order chi connectivity index (χ0) is 14.9. The molecule has 4 nitrogen and oxygen atoms in total. The SMILES string of the molecule is CS(=O)(=O)C1CSCCN1C1CCNCc2ccccc21. The molecule has 2 atom stereocenters. The van der Waals surface area contributed by atoms with Crippen LogP contribution in [0.2, 0.25) is 0 Å². The van der Waals surface area contributed by atoms with Gasteiger partial charge in [0.1, 0.15) is 5.37 Å². The van der Waals surface area contributed by atoms with E-state index in [0.29, 0.717) is 5.75 Å². The maximum Gasteiger partial charge on any atom is 0.164 e. The predicted molar refractivity (Wildman–Crippen MR) is 88.2 cm³/mol. The molecule has 1 N–H and O–H groups in total. The molecule has 0 saturated carbocycles. The Kier molecular flexibility index (Phi) is 4.59. The van der Waals surface area contributed by atoms with Gasteiger partial charge in [-0.1, -0.05) is 24.3 Å². The molecule has 0 bridgehead atoms. The number of hydrogen-bond acceptors (Lipinski definition) is 5. The molecule has 2 unspecified atom stereocenters. The summed E-state index contributed by atoms with van der Waals surface area (Å²) in [5.74, 6) is 1.70. The van der Waals surface area contributed by atoms with Gasteiger partial charge in [0.25, 0.3) is 0 Å². The van der Waals surface area contributed by atoms with Crippen molar-refractivity contribution in [3.8, 4) is 0 Å². The monoisotopic (exact) mass is 326 g/mol. The number of thioether (sulfide) groups is 1. The third-order valence-corrected chi connectivity index (χ3v) is 7.00. The van der Waals surface area contributed by atoms with Gasteiger partial charge < -0.3 is 5.32 Å². The standard InChI is InChI=1S/C15H22N2O2S2/c1-21(18,19)15-11-20-9-8-17(15)14-6-7-16-10-12-4-2-3-5-13(12)14/h2-5,14-16H,6-11H2,1H3. The number of nitrogens with one attached hydrogen (secondary N) is 1. The summed E-state index contributed by atoms with van der Waals surface area (Å²) in [7, 11) is -3.05. The lowest BCUT2D eigenvalue weighted by Crippen LogP contribution is -2.48. The summed E-state index contributed by atoms with van der Waals surface area (Å²) in [6.45, 7) is 2.65. The van der Waals surface area contributed by atoms with Crippen LogP contribution in [-0.4, -0.2) is 49.5 Å². The molecule has 6 heteroatoms. The Morgan fingerprint density at radius 1 is 1.33 bits per heavy atom. The van der Waals surface area contributed by atoms with Crippen LogP contribution in [-0.2, 0) is 16.4 Å². The van der Waals surface area contributed by atoms with Crippen LogP contribution in [0.4, 0.5) is 0 Å². The van der Waals surface area contributed by atoms with Crippen LogP contribution < -0.4 is 5.32 Å². The minimum atomic E-state index is -3.05. The fraction of sp³-hybridized carbons (Fsp3) is 0.600. The number of nitrogens with zero attached hydrogens (tertiary/aromatic N) is 1. The quantitative estimate of drug-likeness (QED) is 0.895. The normalized spacial score (nSPS) is 27.9. The summed E-state index contributed by atoms with van der Waals surface area (Å²) >= 11 is 1.75. The first-order valence-electron chi connectivity index (χ1n) is 7.38. The van der Waals surface area contributed by atoms with Crippen molar-refractivity contribution in [2.24, 2.45) is 0 Å². The number of fused-ring (bicyclic) bond motifs is 1. The van der Waals surface area contributed by atoms with E-state index in [9.17, 15) is 8.42 Å². The number of rotatable bonds is 2. The van der Waals surface area contributed by atoms with Gasteiger partial charge in [-0.3, -0.25) is 4.90 Å². The van der Waals surface area contributed by atoms with Gasteiger partial charge in [0.05, 0.1) is 0 Å². The summed E-state index contributed by atoms with van der Waals surface area (Å²) in [6, 6.07) is 8.63. The largest absolute Gasteiger partial charge is 0.313 e. The lowest BCUT2D eigenvalue weighted by Gasteiger charge is -2.40. The average Bonchev–Trinajstić information content (AvgIpc) is 2.68. The van der Waals surface area contributed by atoms with Crippen LogP contribution in [0.5, 0.6) is 0 Å². The van der Waals surface area contributed by atoms with E-state index in [4.69, 9.17) is 0 Å². The van der Waals surface area contributed by atoms with Gasteiger partial charge in [0.15, 0.2) is 9.84 Å². The van der Waals surface area contributed by atoms with Gasteiger partial charge in [-0.2, -0.15) is 11.8 Å². The molecule has 0 aromatic heterocycles. The lowest BCUT2D eigenvalue weighted by atomic mass is 9.98. The highest BCUT2D eigenvalue weighted by Gasteiger charge is 2.36. The molecule has 116 valence electrons. The molecule has 3 rings (SSSR count). The fourth-order valence-electron chi connectivity index (χ4n) is 3.30. The molecule has 1 aromatic rings. The maximum absolute atomic E-state index is 12.2. The van der Waals surface area contributed by atoms with Crippen LogP contribution in [0.25, 0.3) is 0 Å². The zero-order valence-electron chi connectivity index (χ0n) is 12.3. The van der Waals surface area contributed by atoms with Crippen molar-refractivity contribution < 1.29 is 8.42 Å². The number of sulfone groups is 1. The zero-order valence-corrected chi connectivity index (χ0v) is 13.9. The first-order chi connectivity index (χ1) is 10.1. The molecule has 2 aliphatic heterocycles. The summed E-state index contributed by atoms with van der Waals surface area (Å²) in [5, 5.41) is 3.09. The molecule has 0 spiro atoms. The molecule has 21 heavy (non-hydrogen) atoms. The molecule has 1 fully saturated rings. The molecular formula is C15H22N2O2S2. The molecule has 0 amide bonds. The Morgan fingerprint density at radius 2 is 2.14 bits per heavy atom. The molecule has 0 radical (unpaired) electrons. The van der Waals surface area contributed by atoms with Crippen LogP contribution in [0.15, 0.2) is 24.3 Å². The second-order valence-electron chi connectivity index (χ2n) is 5.78. The average molecular weight is 326 g/mol. The van der Waals surface area contributed by atoms with E-state index in [1.807, 2.05) is 0 Å². The molecule has 0 aliphatic carbocycles. The van der Waals surface area contributed by atoms with Crippen molar-refractivity contribution in [2.75, 3.05) is 30.9 Å². The van der Waals surface area contributed by atoms with Crippen molar-refractivity contribution in [3.63, 3.8) is 0 Å². The van der Waals surface area contributed by atoms with E-state index in [-0.39, 0.29) is 11.4 Å². The summed E-state index contributed by atoms with van der Waals surface area (Å²) in [4.78, 5) is 2.22. The van der Waals surface area contributed by atoms with E-state index in [0.717, 1.165) is 31.8 Å². The van der Waals surface area contributed by atoms with Gasteiger partial charge in [0, 0.05) is 36.9 Å². The summed E-state index contributed by atoms with van der Waals surface area (Å²) in [6.07, 6.45) is 2.34. The van der Waals surface area contributed by atoms with Crippen molar-refractivity contribution in [1.82, 2.24) is 10.2 Å². The lowest BCUT2D eigenvalue weighted by molar-refractivity contribution is 0.185. The van der Waals surface area contributed by atoms with Gasteiger partial charge in [0.2, 0.25) is 0 Å². The van der Waals surface area contributed by atoms with E-state index < -0.39 is 9.84 Å². The summed E-state index contributed by atoms with van der Waals surface area (Å²) in [5.41, 5.74) is 2.59. The van der Waals surface area contributed by atoms with E-state index in [1.165, 1.54) is 17.4 Å². The highest BCUT2D eigenvalue weighted by atomic mass is 32.2. The Morgan fingerprint density at radius 3 is 2.95 bits per heavy atom. The minimum absolute atomic E-state index is 0.205. The highest BCUT2D eigenvalue weighted by molar-refractivity contribution is 8.00. The predicted octanol–water partition coefficient (Wildman–Crippen LogP) is 1.64. The van der Waals surface area contributed by atoms with Crippen molar-refractivity contribution in [2.45, 2.75) is 24.4 Å². The van der Waals surface area contributed by atoms with Crippen LogP contribution >= 0.6 is 11.8 Å². The third-order valence-electron chi connectivity index (χ3n) is 4.34. The molecule has 1 aromatic carbocycles. The molecular weight excluding hydrogens is 304 g/mol. The first-order valence-corrected chi connectivity index (χ1v) is 10.5. The minimum Gasteiger partial charge on any atom is -0.313 e.